The molecular weight excluding hydrogens is 485 g/mol. The fourth-order valence-corrected chi connectivity index (χ4v) is 6.97. The number of rotatable bonds is 7. The van der Waals surface area contributed by atoms with E-state index in [0.717, 1.165) is 0 Å². The highest BCUT2D eigenvalue weighted by molar-refractivity contribution is 7.66. The first kappa shape index (κ1) is 22.9. The summed E-state index contributed by atoms with van der Waals surface area (Å²) in [5, 5.41) is 11.4. The molecule has 6 atom stereocenters. The van der Waals surface area contributed by atoms with Gasteiger partial charge in [0, 0.05) is 12.6 Å². The number of fused-ring (bicyclic) bond motifs is 2. The van der Waals surface area contributed by atoms with Gasteiger partial charge in [0.2, 0.25) is 0 Å². The molecule has 1 saturated heterocycles. The molecule has 172 valence electrons. The Balaban J connectivity index is 1.48. The van der Waals surface area contributed by atoms with Crippen molar-refractivity contribution < 1.29 is 56.3 Å². The second kappa shape index (κ2) is 6.87. The van der Waals surface area contributed by atoms with Gasteiger partial charge < -0.3 is 39.7 Å². The predicted molar refractivity (Wildman–Crippen MR) is 98.8 cm³/mol. The summed E-state index contributed by atoms with van der Waals surface area (Å²) in [6.07, 6.45) is 0.497. The van der Waals surface area contributed by atoms with E-state index in [1.807, 2.05) is 0 Å². The Labute approximate surface area is 173 Å². The lowest BCUT2D eigenvalue weighted by atomic mass is 10.2. The summed E-state index contributed by atoms with van der Waals surface area (Å²) >= 11 is 0. The summed E-state index contributed by atoms with van der Waals surface area (Å²) in [6.45, 7) is 1.37. The predicted octanol–water partition coefficient (Wildman–Crippen LogP) is 0.148. The Bertz CT molecular complexity index is 1180. The van der Waals surface area contributed by atoms with Gasteiger partial charge in [-0.1, -0.05) is 0 Å². The number of hydrogen-bond donors (Lipinski definition) is 6. The molecule has 3 unspecified atom stereocenters. The van der Waals surface area contributed by atoms with Crippen molar-refractivity contribution in [2.75, 3.05) is 5.73 Å². The number of aliphatic hydroxyl groups is 1. The third kappa shape index (κ3) is 4.00. The highest BCUT2D eigenvalue weighted by atomic mass is 31.3. The fraction of sp³-hybridized carbons (Fsp3) is 0.500. The third-order valence-electron chi connectivity index (χ3n) is 5.08. The minimum Gasteiger partial charge on any atom is -0.384 e. The van der Waals surface area contributed by atoms with Crippen LogP contribution in [0.25, 0.3) is 11.0 Å². The number of nitrogens with zero attached hydrogens (tertiary/aromatic N) is 3. The van der Waals surface area contributed by atoms with E-state index in [2.05, 4.69) is 18.6 Å². The first-order valence-corrected chi connectivity index (χ1v) is 12.9. The Hall–Kier alpha value is -1.25. The fourth-order valence-electron chi connectivity index (χ4n) is 3.67. The van der Waals surface area contributed by atoms with Gasteiger partial charge in [-0.25, -0.2) is 23.7 Å². The van der Waals surface area contributed by atoms with Gasteiger partial charge in [0.15, 0.2) is 0 Å². The summed E-state index contributed by atoms with van der Waals surface area (Å²) in [5.74, 6) is 0.238. The van der Waals surface area contributed by atoms with Crippen LogP contribution in [0.2, 0.25) is 0 Å². The Morgan fingerprint density at radius 1 is 1.19 bits per heavy atom. The molecule has 1 aliphatic heterocycles. The van der Waals surface area contributed by atoms with Crippen LogP contribution in [0.1, 0.15) is 19.6 Å². The van der Waals surface area contributed by atoms with Gasteiger partial charge in [-0.05, 0) is 13.0 Å². The van der Waals surface area contributed by atoms with Crippen LogP contribution < -0.4 is 5.73 Å². The number of hydrogen-bond acceptors (Lipinski definition) is 11. The van der Waals surface area contributed by atoms with Gasteiger partial charge in [0.1, 0.15) is 41.3 Å². The molecule has 16 nitrogen and oxygen atoms in total. The Morgan fingerprint density at radius 3 is 2.45 bits per heavy atom. The first-order chi connectivity index (χ1) is 14.1. The molecule has 2 aromatic heterocycles. The van der Waals surface area contributed by atoms with E-state index in [4.69, 9.17) is 24.8 Å². The van der Waals surface area contributed by atoms with Crippen molar-refractivity contribution in [3.05, 3.63) is 18.6 Å². The summed E-state index contributed by atoms with van der Waals surface area (Å²) in [5.41, 5.74) is 2.90. The highest BCUT2D eigenvalue weighted by Crippen LogP contribution is 2.72. The maximum absolute atomic E-state index is 12.0. The van der Waals surface area contributed by atoms with Crippen LogP contribution in [-0.2, 0) is 31.6 Å². The van der Waals surface area contributed by atoms with Crippen LogP contribution in [0.4, 0.5) is 5.82 Å². The average molecular weight is 502 g/mol. The van der Waals surface area contributed by atoms with Crippen molar-refractivity contribution in [1.29, 1.82) is 0 Å². The minimum atomic E-state index is -5.68. The molecule has 3 heterocycles. The van der Waals surface area contributed by atoms with Gasteiger partial charge in [0.05, 0.1) is 5.39 Å². The molecule has 19 heteroatoms. The largest absolute Gasteiger partial charge is 0.490 e. The number of phosphoric ester groups is 1. The standard InChI is InChI=1S/C12H17N4O12P3/c1-11-10(26-30(21,22)28-31(23,24)27-29(18,19)20)12(11,17)4-7(25-11)16-3-2-6-8(13)14-5-15-9(6)16/h2-3,5,7,10,17H,4H2,1H3,(H,21,22)(H,23,24)(H2,13,14,15)(H2,18,19,20)/t7-,10?,11-,12-/m1/s1. The smallest absolute Gasteiger partial charge is 0.384 e. The number of aromatic nitrogens is 3. The number of nitrogen functional groups attached to an aromatic ring is 1. The van der Waals surface area contributed by atoms with Crippen molar-refractivity contribution in [2.24, 2.45) is 0 Å². The molecule has 4 rings (SSSR count). The molecular formula is C12H17N4O12P3. The zero-order valence-corrected chi connectivity index (χ0v) is 18.1. The Morgan fingerprint density at radius 2 is 1.87 bits per heavy atom. The zero-order chi connectivity index (χ0) is 23.0. The van der Waals surface area contributed by atoms with Crippen molar-refractivity contribution in [1.82, 2.24) is 14.5 Å². The second-order valence-electron chi connectivity index (χ2n) is 7.10. The quantitative estimate of drug-likeness (QED) is 0.276. The normalized spacial score (nSPS) is 34.3. The topological polar surface area (TPSA) is 246 Å². The van der Waals surface area contributed by atoms with Crippen LogP contribution in [0, 0.1) is 0 Å². The van der Waals surface area contributed by atoms with Crippen LogP contribution in [0.3, 0.4) is 0 Å². The van der Waals surface area contributed by atoms with E-state index in [9.17, 15) is 28.6 Å². The van der Waals surface area contributed by atoms with Crippen LogP contribution in [0.5, 0.6) is 0 Å². The van der Waals surface area contributed by atoms with Crippen molar-refractivity contribution >= 4 is 40.3 Å². The van der Waals surface area contributed by atoms with Gasteiger partial charge in [-0.2, -0.15) is 8.62 Å². The van der Waals surface area contributed by atoms with E-state index in [1.54, 1.807) is 16.8 Å². The molecule has 2 fully saturated rings. The second-order valence-corrected chi connectivity index (χ2v) is 11.5. The number of phosphoric acid groups is 3. The number of anilines is 1. The van der Waals surface area contributed by atoms with Gasteiger partial charge in [-0.15, -0.1) is 0 Å². The van der Waals surface area contributed by atoms with E-state index < -0.39 is 47.0 Å². The van der Waals surface area contributed by atoms with E-state index in [-0.39, 0.29) is 12.2 Å². The van der Waals surface area contributed by atoms with Gasteiger partial charge >= 0.3 is 23.5 Å². The molecule has 2 aromatic rings. The molecule has 0 amide bonds. The molecule has 0 aromatic carbocycles. The van der Waals surface area contributed by atoms with E-state index in [0.29, 0.717) is 11.0 Å². The van der Waals surface area contributed by atoms with Crippen LogP contribution in [-0.4, -0.2) is 56.5 Å². The molecule has 1 saturated carbocycles. The first-order valence-electron chi connectivity index (χ1n) is 8.36. The molecule has 1 aliphatic carbocycles. The van der Waals surface area contributed by atoms with Crippen LogP contribution in [0.15, 0.2) is 18.6 Å². The molecule has 7 N–H and O–H groups in total. The van der Waals surface area contributed by atoms with E-state index >= 15 is 0 Å². The lowest BCUT2D eigenvalue weighted by molar-refractivity contribution is -0.0543. The summed E-state index contributed by atoms with van der Waals surface area (Å²) in [7, 11) is -16.6. The summed E-state index contributed by atoms with van der Waals surface area (Å²) < 4.78 is 53.6. The number of nitrogens with two attached hydrogens (primary N) is 1. The molecule has 31 heavy (non-hydrogen) atoms. The van der Waals surface area contributed by atoms with Gasteiger partial charge in [0.25, 0.3) is 0 Å². The maximum atomic E-state index is 12.0. The average Bonchev–Trinajstić information content (AvgIpc) is 2.94. The van der Waals surface area contributed by atoms with Crippen LogP contribution >= 0.6 is 23.5 Å². The molecule has 0 bridgehead atoms. The number of ether oxygens (including phenoxy) is 1. The Kier molecular flexibility index (Phi) is 5.08. The van der Waals surface area contributed by atoms with E-state index in [1.165, 1.54) is 13.3 Å². The molecule has 0 spiro atoms. The van der Waals surface area contributed by atoms with Gasteiger partial charge in [-0.3, -0.25) is 4.52 Å². The minimum absolute atomic E-state index is 0.127. The maximum Gasteiger partial charge on any atom is 0.490 e. The van der Waals surface area contributed by atoms with Crippen molar-refractivity contribution in [2.45, 2.75) is 36.9 Å². The molecule has 2 aliphatic rings. The lowest BCUT2D eigenvalue weighted by Gasteiger charge is -2.22. The van der Waals surface area contributed by atoms with Crippen molar-refractivity contribution in [3.63, 3.8) is 0 Å². The third-order valence-corrected chi connectivity index (χ3v) is 8.89. The highest BCUT2D eigenvalue weighted by Gasteiger charge is 2.83. The summed E-state index contributed by atoms with van der Waals surface area (Å²) in [6, 6.07) is 1.65. The lowest BCUT2D eigenvalue weighted by Crippen LogP contribution is -2.22. The zero-order valence-electron chi connectivity index (χ0n) is 15.4. The monoisotopic (exact) mass is 502 g/mol. The molecule has 0 radical (unpaired) electrons. The summed E-state index contributed by atoms with van der Waals surface area (Å²) in [4.78, 5) is 44.0. The SMILES string of the molecule is C[C@]12O[C@@H](n3ccc4c(N)ncnc43)C[C@@]1(O)C2OP(=O)(O)OP(=O)(O)OP(=O)(O)O. The van der Waals surface area contributed by atoms with Crippen molar-refractivity contribution in [3.8, 4) is 0 Å².